The second-order valence-corrected chi connectivity index (χ2v) is 9.66. The summed E-state index contributed by atoms with van der Waals surface area (Å²) in [6.07, 6.45) is 1.04. The first-order valence-corrected chi connectivity index (χ1v) is 11.6. The zero-order valence-electron chi connectivity index (χ0n) is 16.7. The Kier molecular flexibility index (Phi) is 6.42. The van der Waals surface area contributed by atoms with Gasteiger partial charge in [0.05, 0.1) is 16.8 Å². The van der Waals surface area contributed by atoms with E-state index in [0.29, 0.717) is 11.3 Å². The third-order valence-corrected chi connectivity index (χ3v) is 7.20. The Morgan fingerprint density at radius 3 is 2.50 bits per heavy atom. The van der Waals surface area contributed by atoms with Crippen LogP contribution in [0.5, 0.6) is 0 Å². The smallest absolute Gasteiger partial charge is 0.270 e. The second-order valence-electron chi connectivity index (χ2n) is 6.81. The molecule has 9 heteroatoms. The van der Waals surface area contributed by atoms with E-state index in [2.05, 4.69) is 15.3 Å². The number of carbonyl (C=O) groups excluding carboxylic acids is 1. The van der Waals surface area contributed by atoms with Crippen LogP contribution in [0, 0.1) is 20.8 Å². The SMILES string of the molecule is Cc1ccc(C)c(S(=O)(=O)c2cnc(SCC(=O)Nc3ccccc3C)[nH]c2=O)c1. The van der Waals surface area contributed by atoms with E-state index in [4.69, 9.17) is 0 Å². The fraction of sp³-hybridized carbons (Fsp3) is 0.190. The average molecular weight is 444 g/mol. The van der Waals surface area contributed by atoms with Crippen molar-refractivity contribution in [3.05, 3.63) is 75.7 Å². The van der Waals surface area contributed by atoms with E-state index >= 15 is 0 Å². The van der Waals surface area contributed by atoms with Crippen molar-refractivity contribution in [3.63, 3.8) is 0 Å². The van der Waals surface area contributed by atoms with Gasteiger partial charge < -0.3 is 10.3 Å². The number of anilines is 1. The lowest BCUT2D eigenvalue weighted by Gasteiger charge is -2.09. The lowest BCUT2D eigenvalue weighted by atomic mass is 10.2. The normalized spacial score (nSPS) is 11.3. The molecule has 0 aliphatic heterocycles. The number of rotatable bonds is 6. The second kappa shape index (κ2) is 8.85. The van der Waals surface area contributed by atoms with Crippen molar-refractivity contribution in [3.8, 4) is 0 Å². The molecule has 0 aliphatic rings. The predicted octanol–water partition coefficient (Wildman–Crippen LogP) is 3.26. The van der Waals surface area contributed by atoms with E-state index in [0.717, 1.165) is 29.1 Å². The van der Waals surface area contributed by atoms with Crippen LogP contribution in [0.4, 0.5) is 5.69 Å². The molecule has 1 heterocycles. The molecule has 1 amide bonds. The number of nitrogens with zero attached hydrogens (tertiary/aromatic N) is 1. The summed E-state index contributed by atoms with van der Waals surface area (Å²) < 4.78 is 25.8. The number of hydrogen-bond acceptors (Lipinski definition) is 6. The van der Waals surface area contributed by atoms with Gasteiger partial charge in [0.15, 0.2) is 10.1 Å². The Labute approximate surface area is 178 Å². The minimum absolute atomic E-state index is 0.0142. The summed E-state index contributed by atoms with van der Waals surface area (Å²) in [6, 6.07) is 12.4. The molecule has 0 saturated heterocycles. The molecule has 0 saturated carbocycles. The third kappa shape index (κ3) is 4.80. The molecular formula is C21H21N3O4S2. The number of aryl methyl sites for hydroxylation is 3. The molecule has 0 bridgehead atoms. The molecule has 0 unspecified atom stereocenters. The number of aromatic nitrogens is 2. The number of sulfone groups is 1. The third-order valence-electron chi connectivity index (χ3n) is 4.43. The lowest BCUT2D eigenvalue weighted by Crippen LogP contribution is -2.20. The molecule has 156 valence electrons. The lowest BCUT2D eigenvalue weighted by molar-refractivity contribution is -0.113. The first-order valence-electron chi connectivity index (χ1n) is 9.08. The maximum absolute atomic E-state index is 12.9. The van der Waals surface area contributed by atoms with E-state index in [-0.39, 0.29) is 21.7 Å². The van der Waals surface area contributed by atoms with Crippen molar-refractivity contribution in [2.75, 3.05) is 11.1 Å². The quantitative estimate of drug-likeness (QED) is 0.447. The van der Waals surface area contributed by atoms with Gasteiger partial charge in [0.2, 0.25) is 15.7 Å². The van der Waals surface area contributed by atoms with Crippen LogP contribution in [0.1, 0.15) is 16.7 Å². The number of para-hydroxylation sites is 1. The summed E-state index contributed by atoms with van der Waals surface area (Å²) in [6.45, 7) is 5.34. The minimum atomic E-state index is -4.01. The molecule has 0 atom stereocenters. The minimum Gasteiger partial charge on any atom is -0.325 e. The molecule has 3 aromatic rings. The maximum atomic E-state index is 12.9. The van der Waals surface area contributed by atoms with E-state index < -0.39 is 20.3 Å². The summed E-state index contributed by atoms with van der Waals surface area (Å²) in [4.78, 5) is 30.7. The zero-order chi connectivity index (χ0) is 21.9. The van der Waals surface area contributed by atoms with Gasteiger partial charge in [-0.2, -0.15) is 0 Å². The number of benzene rings is 2. The number of amides is 1. The van der Waals surface area contributed by atoms with E-state index in [1.54, 1.807) is 32.0 Å². The van der Waals surface area contributed by atoms with Crippen LogP contribution in [0.2, 0.25) is 0 Å². The zero-order valence-corrected chi connectivity index (χ0v) is 18.4. The monoisotopic (exact) mass is 443 g/mol. The molecule has 0 spiro atoms. The van der Waals surface area contributed by atoms with Crippen LogP contribution in [0.15, 0.2) is 68.4 Å². The predicted molar refractivity (Wildman–Crippen MR) is 117 cm³/mol. The summed E-state index contributed by atoms with van der Waals surface area (Å²) in [5, 5.41) is 2.95. The highest BCUT2D eigenvalue weighted by molar-refractivity contribution is 7.99. The van der Waals surface area contributed by atoms with E-state index in [9.17, 15) is 18.0 Å². The van der Waals surface area contributed by atoms with Gasteiger partial charge in [0.1, 0.15) is 0 Å². The van der Waals surface area contributed by atoms with Crippen molar-refractivity contribution < 1.29 is 13.2 Å². The fourth-order valence-corrected chi connectivity index (χ4v) is 4.97. The molecule has 30 heavy (non-hydrogen) atoms. The molecule has 1 aromatic heterocycles. The van der Waals surface area contributed by atoms with Crippen LogP contribution in [0.3, 0.4) is 0 Å². The Morgan fingerprint density at radius 2 is 1.80 bits per heavy atom. The number of aromatic amines is 1. The summed E-state index contributed by atoms with van der Waals surface area (Å²) >= 11 is 1.02. The van der Waals surface area contributed by atoms with Crippen LogP contribution in [-0.2, 0) is 14.6 Å². The van der Waals surface area contributed by atoms with Crippen molar-refractivity contribution >= 4 is 33.2 Å². The van der Waals surface area contributed by atoms with Crippen LogP contribution in [-0.4, -0.2) is 30.0 Å². The van der Waals surface area contributed by atoms with E-state index in [1.807, 2.05) is 25.1 Å². The van der Waals surface area contributed by atoms with Crippen LogP contribution in [0.25, 0.3) is 0 Å². The molecule has 0 radical (unpaired) electrons. The Morgan fingerprint density at radius 1 is 1.07 bits per heavy atom. The van der Waals surface area contributed by atoms with Crippen LogP contribution < -0.4 is 10.9 Å². The highest BCUT2D eigenvalue weighted by Crippen LogP contribution is 2.23. The van der Waals surface area contributed by atoms with Crippen molar-refractivity contribution in [2.45, 2.75) is 35.7 Å². The van der Waals surface area contributed by atoms with E-state index in [1.165, 1.54) is 6.07 Å². The number of hydrogen-bond donors (Lipinski definition) is 2. The molecule has 0 fully saturated rings. The van der Waals surface area contributed by atoms with Gasteiger partial charge in [-0.1, -0.05) is 42.1 Å². The van der Waals surface area contributed by atoms with Gasteiger partial charge in [-0.15, -0.1) is 0 Å². The summed E-state index contributed by atoms with van der Waals surface area (Å²) in [5.41, 5.74) is 2.19. The highest BCUT2D eigenvalue weighted by Gasteiger charge is 2.24. The molecule has 2 aromatic carbocycles. The van der Waals surface area contributed by atoms with Gasteiger partial charge in [-0.05, 0) is 49.6 Å². The largest absolute Gasteiger partial charge is 0.325 e. The maximum Gasteiger partial charge on any atom is 0.270 e. The summed E-state index contributed by atoms with van der Waals surface area (Å²) in [5.74, 6) is -0.246. The van der Waals surface area contributed by atoms with Gasteiger partial charge >= 0.3 is 0 Å². The van der Waals surface area contributed by atoms with Gasteiger partial charge in [0, 0.05) is 5.69 Å². The fourth-order valence-electron chi connectivity index (χ4n) is 2.78. The van der Waals surface area contributed by atoms with Gasteiger partial charge in [-0.25, -0.2) is 13.4 Å². The molecular weight excluding hydrogens is 422 g/mol. The average Bonchev–Trinajstić information content (AvgIpc) is 2.70. The van der Waals surface area contributed by atoms with Crippen molar-refractivity contribution in [1.29, 1.82) is 0 Å². The Bertz CT molecular complexity index is 1270. The molecule has 2 N–H and O–H groups in total. The molecule has 0 aliphatic carbocycles. The molecule has 7 nitrogen and oxygen atoms in total. The first kappa shape index (κ1) is 21.8. The summed E-state index contributed by atoms with van der Waals surface area (Å²) in [7, 11) is -4.01. The van der Waals surface area contributed by atoms with Crippen molar-refractivity contribution in [1.82, 2.24) is 9.97 Å². The standard InChI is InChI=1S/C21H21N3O4S2/c1-13-8-9-15(3)17(10-13)30(27,28)18-11-22-21(24-20(18)26)29-12-19(25)23-16-7-5-4-6-14(16)2/h4-11H,12H2,1-3H3,(H,23,25)(H,22,24,26). The number of carbonyl (C=O) groups is 1. The Balaban J connectivity index is 1.75. The Hall–Kier alpha value is -2.91. The topological polar surface area (TPSA) is 109 Å². The van der Waals surface area contributed by atoms with Crippen LogP contribution >= 0.6 is 11.8 Å². The first-order chi connectivity index (χ1) is 14.2. The van der Waals surface area contributed by atoms with Gasteiger partial charge in [0.25, 0.3) is 5.56 Å². The molecule has 3 rings (SSSR count). The number of H-pyrrole nitrogens is 1. The van der Waals surface area contributed by atoms with Crippen molar-refractivity contribution in [2.24, 2.45) is 0 Å². The van der Waals surface area contributed by atoms with Gasteiger partial charge in [-0.3, -0.25) is 9.59 Å². The number of nitrogens with one attached hydrogen (secondary N) is 2. The number of thioether (sulfide) groups is 1. The highest BCUT2D eigenvalue weighted by atomic mass is 32.2.